The number of hydrogen-bond donors (Lipinski definition) is 2. The molecule has 1 aromatic heterocycles. The first-order chi connectivity index (χ1) is 15.9. The van der Waals surface area contributed by atoms with Gasteiger partial charge in [0.05, 0.1) is 30.0 Å². The van der Waals surface area contributed by atoms with Gasteiger partial charge in [0.1, 0.15) is 5.82 Å². The van der Waals surface area contributed by atoms with Crippen LogP contribution in [0.5, 0.6) is 0 Å². The zero-order valence-corrected chi connectivity index (χ0v) is 19.4. The summed E-state index contributed by atoms with van der Waals surface area (Å²) >= 11 is 0. The molecule has 2 aliphatic heterocycles. The fourth-order valence-electron chi connectivity index (χ4n) is 4.70. The van der Waals surface area contributed by atoms with Gasteiger partial charge in [-0.2, -0.15) is 0 Å². The molecular formula is C25H33N5O3. The number of nitrogens with zero attached hydrogens (tertiary/aromatic N) is 3. The first-order valence-corrected chi connectivity index (χ1v) is 11.7. The highest BCUT2D eigenvalue weighted by Gasteiger charge is 2.25. The highest BCUT2D eigenvalue weighted by atomic mass is 16.5. The van der Waals surface area contributed by atoms with Crippen molar-refractivity contribution >= 4 is 23.3 Å². The largest absolute Gasteiger partial charge is 0.373 e. The summed E-state index contributed by atoms with van der Waals surface area (Å²) < 4.78 is 5.80. The monoisotopic (exact) mass is 451 g/mol. The van der Waals surface area contributed by atoms with E-state index in [1.165, 1.54) is 5.56 Å². The number of carbonyl (C=O) groups is 2. The van der Waals surface area contributed by atoms with E-state index in [9.17, 15) is 9.59 Å². The summed E-state index contributed by atoms with van der Waals surface area (Å²) in [5.41, 5.74) is 7.88. The maximum atomic E-state index is 12.7. The fraction of sp³-hybridized carbons (Fsp3) is 0.480. The zero-order valence-electron chi connectivity index (χ0n) is 19.4. The maximum absolute atomic E-state index is 12.7. The van der Waals surface area contributed by atoms with E-state index in [2.05, 4.69) is 33.9 Å². The van der Waals surface area contributed by atoms with E-state index in [1.54, 1.807) is 6.20 Å². The summed E-state index contributed by atoms with van der Waals surface area (Å²) in [5, 5.41) is 2.91. The first kappa shape index (κ1) is 23.2. The molecule has 0 saturated carbocycles. The van der Waals surface area contributed by atoms with Crippen LogP contribution in [-0.2, 0) is 16.1 Å². The molecule has 8 nitrogen and oxygen atoms in total. The Balaban J connectivity index is 1.32. The Morgan fingerprint density at radius 3 is 2.45 bits per heavy atom. The van der Waals surface area contributed by atoms with E-state index in [0.717, 1.165) is 44.8 Å². The van der Waals surface area contributed by atoms with Gasteiger partial charge in [-0.1, -0.05) is 12.1 Å². The minimum atomic E-state index is -0.260. The van der Waals surface area contributed by atoms with Gasteiger partial charge in [-0.05, 0) is 56.5 Å². The Bertz CT molecular complexity index is 953. The SMILES string of the molecule is CC1CN(Cc2ccc(C(=O)Nc3ccc(N4CCCC(C(N)=O)C4)nc3)cc2)CC(C)O1. The quantitative estimate of drug-likeness (QED) is 0.700. The molecule has 2 saturated heterocycles. The molecule has 2 fully saturated rings. The second-order valence-electron chi connectivity index (χ2n) is 9.20. The van der Waals surface area contributed by atoms with Gasteiger partial charge in [0.15, 0.2) is 0 Å². The van der Waals surface area contributed by atoms with Crippen LogP contribution in [-0.4, -0.2) is 60.1 Å². The second-order valence-corrected chi connectivity index (χ2v) is 9.20. The molecule has 1 aromatic carbocycles. The Morgan fingerprint density at radius 2 is 1.82 bits per heavy atom. The molecule has 2 aliphatic rings. The van der Waals surface area contributed by atoms with Crippen LogP contribution in [0.25, 0.3) is 0 Å². The molecule has 33 heavy (non-hydrogen) atoms. The van der Waals surface area contributed by atoms with E-state index < -0.39 is 0 Å². The third-order valence-corrected chi connectivity index (χ3v) is 6.27. The van der Waals surface area contributed by atoms with Crippen LogP contribution in [0.15, 0.2) is 42.6 Å². The van der Waals surface area contributed by atoms with Gasteiger partial charge in [-0.15, -0.1) is 0 Å². The number of primary amides is 1. The van der Waals surface area contributed by atoms with Crippen LogP contribution in [0, 0.1) is 5.92 Å². The minimum absolute atomic E-state index is 0.141. The average molecular weight is 452 g/mol. The number of hydrogen-bond acceptors (Lipinski definition) is 6. The van der Waals surface area contributed by atoms with Crippen LogP contribution in [0.1, 0.15) is 42.6 Å². The molecule has 3 atom stereocenters. The number of benzene rings is 1. The summed E-state index contributed by atoms with van der Waals surface area (Å²) in [6.07, 6.45) is 3.85. The van der Waals surface area contributed by atoms with E-state index in [-0.39, 0.29) is 29.9 Å². The molecule has 4 rings (SSSR count). The van der Waals surface area contributed by atoms with E-state index in [1.807, 2.05) is 36.4 Å². The lowest BCUT2D eigenvalue weighted by Gasteiger charge is -2.35. The average Bonchev–Trinajstić information content (AvgIpc) is 2.79. The lowest BCUT2D eigenvalue weighted by molar-refractivity contribution is -0.122. The van der Waals surface area contributed by atoms with Gasteiger partial charge >= 0.3 is 0 Å². The Labute approximate surface area is 195 Å². The van der Waals surface area contributed by atoms with Gasteiger partial charge in [0.25, 0.3) is 5.91 Å². The van der Waals surface area contributed by atoms with Crippen LogP contribution in [0.2, 0.25) is 0 Å². The zero-order chi connectivity index (χ0) is 23.4. The number of aromatic nitrogens is 1. The van der Waals surface area contributed by atoms with E-state index in [4.69, 9.17) is 10.5 Å². The number of nitrogens with two attached hydrogens (primary N) is 1. The standard InChI is InChI=1S/C25H33N5O3/c1-17-13-29(14-18(2)33-17)15-19-5-7-20(8-6-19)25(32)28-22-9-10-23(27-12-22)30-11-3-4-21(16-30)24(26)31/h5-10,12,17-18,21H,3-4,11,13-16H2,1-2H3,(H2,26,31)(H,28,32). The number of pyridine rings is 1. The summed E-state index contributed by atoms with van der Waals surface area (Å²) in [5.74, 6) is 0.216. The van der Waals surface area contributed by atoms with Crippen molar-refractivity contribution in [3.8, 4) is 0 Å². The van der Waals surface area contributed by atoms with Crippen molar-refractivity contribution < 1.29 is 14.3 Å². The summed E-state index contributed by atoms with van der Waals surface area (Å²) in [6.45, 7) is 8.30. The van der Waals surface area contributed by atoms with Crippen molar-refractivity contribution in [2.75, 3.05) is 36.4 Å². The topological polar surface area (TPSA) is 101 Å². The molecule has 176 valence electrons. The Morgan fingerprint density at radius 1 is 1.09 bits per heavy atom. The predicted molar refractivity (Wildman–Crippen MR) is 128 cm³/mol. The Kier molecular flexibility index (Phi) is 7.25. The number of anilines is 2. The lowest BCUT2D eigenvalue weighted by atomic mass is 9.97. The number of amides is 2. The molecule has 0 bridgehead atoms. The number of morpholine rings is 1. The van der Waals surface area contributed by atoms with Gasteiger partial charge in [-0.3, -0.25) is 14.5 Å². The number of carbonyl (C=O) groups excluding carboxylic acids is 2. The number of rotatable bonds is 6. The van der Waals surface area contributed by atoms with Crippen LogP contribution in [0.3, 0.4) is 0 Å². The molecule has 3 unspecified atom stereocenters. The van der Waals surface area contributed by atoms with Gasteiger partial charge < -0.3 is 20.7 Å². The van der Waals surface area contributed by atoms with Crippen LogP contribution in [0.4, 0.5) is 11.5 Å². The van der Waals surface area contributed by atoms with Crippen LogP contribution >= 0.6 is 0 Å². The smallest absolute Gasteiger partial charge is 0.255 e. The van der Waals surface area contributed by atoms with Crippen molar-refractivity contribution in [3.05, 3.63) is 53.7 Å². The Hall–Kier alpha value is -2.97. The van der Waals surface area contributed by atoms with Crippen molar-refractivity contribution in [1.82, 2.24) is 9.88 Å². The second kappa shape index (κ2) is 10.3. The predicted octanol–water partition coefficient (Wildman–Crippen LogP) is 2.64. The van der Waals surface area contributed by atoms with Crippen molar-refractivity contribution in [2.24, 2.45) is 11.7 Å². The van der Waals surface area contributed by atoms with Gasteiger partial charge in [-0.25, -0.2) is 4.98 Å². The van der Waals surface area contributed by atoms with Crippen molar-refractivity contribution in [2.45, 2.75) is 45.4 Å². The first-order valence-electron chi connectivity index (χ1n) is 11.7. The summed E-state index contributed by atoms with van der Waals surface area (Å²) in [4.78, 5) is 33.1. The van der Waals surface area contributed by atoms with Crippen molar-refractivity contribution in [1.29, 1.82) is 0 Å². The van der Waals surface area contributed by atoms with E-state index in [0.29, 0.717) is 17.8 Å². The summed E-state index contributed by atoms with van der Waals surface area (Å²) in [7, 11) is 0. The highest BCUT2D eigenvalue weighted by molar-refractivity contribution is 6.04. The normalized spacial score (nSPS) is 23.8. The fourth-order valence-corrected chi connectivity index (χ4v) is 4.70. The number of piperidine rings is 1. The molecule has 3 N–H and O–H groups in total. The molecule has 8 heteroatoms. The third-order valence-electron chi connectivity index (χ3n) is 6.27. The molecule has 2 aromatic rings. The summed E-state index contributed by atoms with van der Waals surface area (Å²) in [6, 6.07) is 11.4. The molecule has 0 aliphatic carbocycles. The van der Waals surface area contributed by atoms with Crippen LogP contribution < -0.4 is 16.0 Å². The highest BCUT2D eigenvalue weighted by Crippen LogP contribution is 2.23. The van der Waals surface area contributed by atoms with E-state index >= 15 is 0 Å². The van der Waals surface area contributed by atoms with Gasteiger partial charge in [0.2, 0.25) is 5.91 Å². The number of nitrogens with one attached hydrogen (secondary N) is 1. The third kappa shape index (κ3) is 6.09. The molecular weight excluding hydrogens is 418 g/mol. The number of ether oxygens (including phenoxy) is 1. The van der Waals surface area contributed by atoms with Crippen molar-refractivity contribution in [3.63, 3.8) is 0 Å². The molecule has 0 spiro atoms. The lowest BCUT2D eigenvalue weighted by Crippen LogP contribution is -2.44. The minimum Gasteiger partial charge on any atom is -0.373 e. The maximum Gasteiger partial charge on any atom is 0.255 e. The van der Waals surface area contributed by atoms with Gasteiger partial charge in [0, 0.05) is 38.3 Å². The molecule has 0 radical (unpaired) electrons. The molecule has 2 amide bonds. The molecule has 3 heterocycles.